The maximum absolute atomic E-state index is 13.1. The molecule has 5 heteroatoms. The van der Waals surface area contributed by atoms with Gasteiger partial charge in [0, 0.05) is 37.0 Å². The number of halogens is 1. The number of aromatic nitrogens is 2. The molecule has 20 heavy (non-hydrogen) atoms. The summed E-state index contributed by atoms with van der Waals surface area (Å²) in [7, 11) is 1.91. The van der Waals surface area contributed by atoms with Crippen molar-refractivity contribution >= 4 is 27.2 Å². The molecule has 0 spiro atoms. The molecular weight excluding hydrogens is 275 g/mol. The number of aryl methyl sites for hydroxylation is 2. The quantitative estimate of drug-likeness (QED) is 0.688. The summed E-state index contributed by atoms with van der Waals surface area (Å²) in [4.78, 5) is 17.1. The molecule has 0 atom stereocenters. The van der Waals surface area contributed by atoms with Crippen LogP contribution in [-0.4, -0.2) is 15.3 Å². The van der Waals surface area contributed by atoms with Gasteiger partial charge in [-0.1, -0.05) is 0 Å². The highest BCUT2D eigenvalue weighted by Gasteiger charge is 2.12. The third-order valence-corrected chi connectivity index (χ3v) is 4.41. The Morgan fingerprint density at radius 3 is 3.00 bits per heavy atom. The topological polar surface area (TPSA) is 34.9 Å². The lowest BCUT2D eigenvalue weighted by Gasteiger charge is -1.99. The molecule has 0 N–H and O–H groups in total. The molecule has 1 aromatic carbocycles. The third-order valence-electron chi connectivity index (χ3n) is 3.25. The zero-order valence-corrected chi connectivity index (χ0v) is 11.8. The molecule has 0 aliphatic rings. The number of hydrogen-bond acceptors (Lipinski definition) is 3. The van der Waals surface area contributed by atoms with E-state index in [0.29, 0.717) is 17.7 Å². The van der Waals surface area contributed by atoms with Gasteiger partial charge in [0.05, 0.1) is 4.88 Å². The van der Waals surface area contributed by atoms with E-state index < -0.39 is 0 Å². The van der Waals surface area contributed by atoms with Crippen molar-refractivity contribution in [2.24, 2.45) is 7.05 Å². The van der Waals surface area contributed by atoms with Crippen LogP contribution >= 0.6 is 11.3 Å². The first-order valence-electron chi connectivity index (χ1n) is 6.32. The van der Waals surface area contributed by atoms with Crippen molar-refractivity contribution in [3.8, 4) is 0 Å². The van der Waals surface area contributed by atoms with E-state index in [1.165, 1.54) is 23.5 Å². The number of Topliss-reactive ketones (excluding diaryl/α,β-unsaturated/α-hetero) is 1. The number of thiophene rings is 1. The molecule has 0 saturated heterocycles. The molecule has 2 aromatic heterocycles. The second-order valence-electron chi connectivity index (χ2n) is 4.67. The minimum atomic E-state index is -0.276. The van der Waals surface area contributed by atoms with Gasteiger partial charge in [-0.2, -0.15) is 0 Å². The average Bonchev–Trinajstić information content (AvgIpc) is 3.01. The van der Waals surface area contributed by atoms with E-state index in [1.54, 1.807) is 18.3 Å². The lowest BCUT2D eigenvalue weighted by atomic mass is 10.1. The van der Waals surface area contributed by atoms with Crippen LogP contribution in [0.5, 0.6) is 0 Å². The Morgan fingerprint density at radius 1 is 1.40 bits per heavy atom. The van der Waals surface area contributed by atoms with E-state index in [4.69, 9.17) is 0 Å². The Bertz CT molecular complexity index is 775. The van der Waals surface area contributed by atoms with Gasteiger partial charge in [-0.3, -0.25) is 4.79 Å². The number of nitrogens with zero attached hydrogens (tertiary/aromatic N) is 2. The van der Waals surface area contributed by atoms with Gasteiger partial charge >= 0.3 is 0 Å². The van der Waals surface area contributed by atoms with Gasteiger partial charge in [-0.05, 0) is 29.7 Å². The van der Waals surface area contributed by atoms with Crippen molar-refractivity contribution in [1.82, 2.24) is 9.55 Å². The smallest absolute Gasteiger partial charge is 0.173 e. The minimum Gasteiger partial charge on any atom is -0.338 e. The van der Waals surface area contributed by atoms with Crippen LogP contribution in [0.25, 0.3) is 10.1 Å². The van der Waals surface area contributed by atoms with Crippen LogP contribution in [0.15, 0.2) is 36.7 Å². The number of ketones is 1. The van der Waals surface area contributed by atoms with E-state index >= 15 is 0 Å². The van der Waals surface area contributed by atoms with Gasteiger partial charge in [0.2, 0.25) is 0 Å². The first-order chi connectivity index (χ1) is 9.63. The Hall–Kier alpha value is -2.01. The van der Waals surface area contributed by atoms with Crippen molar-refractivity contribution in [3.05, 3.63) is 53.2 Å². The van der Waals surface area contributed by atoms with Gasteiger partial charge in [0.25, 0.3) is 0 Å². The Balaban J connectivity index is 1.77. The molecule has 2 heterocycles. The van der Waals surface area contributed by atoms with Crippen molar-refractivity contribution in [2.45, 2.75) is 12.8 Å². The maximum Gasteiger partial charge on any atom is 0.173 e. The molecule has 3 nitrogen and oxygen atoms in total. The largest absolute Gasteiger partial charge is 0.338 e. The minimum absolute atomic E-state index is 0.0783. The highest BCUT2D eigenvalue weighted by Crippen LogP contribution is 2.27. The van der Waals surface area contributed by atoms with Crippen molar-refractivity contribution in [2.75, 3.05) is 0 Å². The average molecular weight is 288 g/mol. The van der Waals surface area contributed by atoms with E-state index in [1.807, 2.05) is 17.8 Å². The Kier molecular flexibility index (Phi) is 3.36. The summed E-state index contributed by atoms with van der Waals surface area (Å²) in [5, 5.41) is 0.787. The third kappa shape index (κ3) is 2.49. The van der Waals surface area contributed by atoms with Crippen LogP contribution in [0.2, 0.25) is 0 Å². The fourth-order valence-corrected chi connectivity index (χ4v) is 3.15. The summed E-state index contributed by atoms with van der Waals surface area (Å²) in [6.45, 7) is 0. The number of carbonyl (C=O) groups excluding carboxylic acids is 1. The predicted molar refractivity (Wildman–Crippen MR) is 77.6 cm³/mol. The zero-order chi connectivity index (χ0) is 14.1. The molecule has 0 amide bonds. The van der Waals surface area contributed by atoms with E-state index in [0.717, 1.165) is 15.9 Å². The lowest BCUT2D eigenvalue weighted by Crippen LogP contribution is -2.03. The summed E-state index contributed by atoms with van der Waals surface area (Å²) >= 11 is 1.41. The molecule has 3 rings (SSSR count). The first-order valence-corrected chi connectivity index (χ1v) is 7.13. The summed E-state index contributed by atoms with van der Waals surface area (Å²) < 4.78 is 16.0. The standard InChI is InChI=1S/C15H13FN2OS/c1-18-7-6-17-15(18)5-3-12(19)14-9-10-8-11(16)2-4-13(10)20-14/h2,4,6-9H,3,5H2,1H3. The van der Waals surface area contributed by atoms with Crippen LogP contribution in [0, 0.1) is 5.82 Å². The molecule has 102 valence electrons. The molecule has 3 aromatic rings. The fraction of sp³-hybridized carbons (Fsp3) is 0.200. The molecular formula is C15H13FN2OS. The molecule has 0 saturated carbocycles. The lowest BCUT2D eigenvalue weighted by molar-refractivity contribution is 0.0986. The highest BCUT2D eigenvalue weighted by atomic mass is 32.1. The number of fused-ring (bicyclic) bond motifs is 1. The first kappa shape index (κ1) is 13.0. The maximum atomic E-state index is 13.1. The van der Waals surface area contributed by atoms with Gasteiger partial charge in [0.1, 0.15) is 11.6 Å². The second-order valence-corrected chi connectivity index (χ2v) is 5.75. The number of carbonyl (C=O) groups is 1. The summed E-state index contributed by atoms with van der Waals surface area (Å²) in [5.74, 6) is 0.697. The molecule has 0 aliphatic carbocycles. The molecule has 0 radical (unpaired) electrons. The number of benzene rings is 1. The normalized spacial score (nSPS) is 11.1. The number of rotatable bonds is 4. The molecule has 0 bridgehead atoms. The van der Waals surface area contributed by atoms with Gasteiger partial charge in [-0.25, -0.2) is 9.37 Å². The summed E-state index contributed by atoms with van der Waals surface area (Å²) in [6.07, 6.45) is 4.62. The van der Waals surface area contributed by atoms with Crippen molar-refractivity contribution in [3.63, 3.8) is 0 Å². The van der Waals surface area contributed by atoms with Crippen LogP contribution in [-0.2, 0) is 13.5 Å². The van der Waals surface area contributed by atoms with E-state index in [9.17, 15) is 9.18 Å². The Morgan fingerprint density at radius 2 is 2.25 bits per heavy atom. The van der Waals surface area contributed by atoms with Crippen molar-refractivity contribution < 1.29 is 9.18 Å². The predicted octanol–water partition coefficient (Wildman–Crippen LogP) is 3.59. The number of hydrogen-bond donors (Lipinski definition) is 0. The van der Waals surface area contributed by atoms with Crippen LogP contribution in [0.4, 0.5) is 4.39 Å². The Labute approximate surface area is 119 Å². The summed E-state index contributed by atoms with van der Waals surface area (Å²) in [5.41, 5.74) is 0. The van der Waals surface area contributed by atoms with Gasteiger partial charge in [-0.15, -0.1) is 11.3 Å². The zero-order valence-electron chi connectivity index (χ0n) is 11.0. The molecule has 0 aliphatic heterocycles. The van der Waals surface area contributed by atoms with Crippen LogP contribution in [0.3, 0.4) is 0 Å². The SMILES string of the molecule is Cn1ccnc1CCC(=O)c1cc2cc(F)ccc2s1. The van der Waals surface area contributed by atoms with Gasteiger partial charge < -0.3 is 4.57 Å². The van der Waals surface area contributed by atoms with E-state index in [2.05, 4.69) is 4.98 Å². The summed E-state index contributed by atoms with van der Waals surface area (Å²) in [6, 6.07) is 6.36. The van der Waals surface area contributed by atoms with Crippen LogP contribution in [0.1, 0.15) is 21.9 Å². The molecule has 0 unspecified atom stereocenters. The van der Waals surface area contributed by atoms with Crippen LogP contribution < -0.4 is 0 Å². The van der Waals surface area contributed by atoms with E-state index in [-0.39, 0.29) is 11.6 Å². The van der Waals surface area contributed by atoms with Crippen molar-refractivity contribution in [1.29, 1.82) is 0 Å². The highest BCUT2D eigenvalue weighted by molar-refractivity contribution is 7.20. The molecule has 0 fully saturated rings. The number of imidazole rings is 1. The fourth-order valence-electron chi connectivity index (χ4n) is 2.14. The monoisotopic (exact) mass is 288 g/mol. The second kappa shape index (κ2) is 5.17. The van der Waals surface area contributed by atoms with Gasteiger partial charge in [0.15, 0.2) is 5.78 Å².